The van der Waals surface area contributed by atoms with Crippen molar-refractivity contribution in [2.75, 3.05) is 19.7 Å². The summed E-state index contributed by atoms with van der Waals surface area (Å²) in [6.45, 7) is 24.0. The van der Waals surface area contributed by atoms with Gasteiger partial charge in [-0.15, -0.1) is 6.58 Å². The van der Waals surface area contributed by atoms with Crippen LogP contribution in [0.3, 0.4) is 0 Å². The molecule has 0 aliphatic heterocycles. The zero-order valence-corrected chi connectivity index (χ0v) is 23.6. The quantitative estimate of drug-likeness (QED) is 0.243. The fraction of sp³-hybridized carbons (Fsp3) is 0.821. The summed E-state index contributed by atoms with van der Waals surface area (Å²) < 4.78 is 0. The summed E-state index contributed by atoms with van der Waals surface area (Å²) in [7, 11) is 0. The Morgan fingerprint density at radius 1 is 0.824 bits per heavy atom. The van der Waals surface area contributed by atoms with Gasteiger partial charge in [-0.3, -0.25) is 14.4 Å². The van der Waals surface area contributed by atoms with Crippen LogP contribution in [0.25, 0.3) is 0 Å². The molecule has 2 atom stereocenters. The normalized spacial score (nSPS) is 14.8. The lowest BCUT2D eigenvalue weighted by atomic mass is 9.60. The first-order chi connectivity index (χ1) is 15.3. The smallest absolute Gasteiger partial charge is 0.224 e. The predicted molar refractivity (Wildman–Crippen MR) is 140 cm³/mol. The van der Waals surface area contributed by atoms with E-state index in [4.69, 9.17) is 5.11 Å². The van der Waals surface area contributed by atoms with E-state index in [1.807, 2.05) is 54.5 Å². The molecule has 34 heavy (non-hydrogen) atoms. The highest BCUT2D eigenvalue weighted by molar-refractivity contribution is 5.95. The summed E-state index contributed by atoms with van der Waals surface area (Å²) in [6, 6.07) is 0. The van der Waals surface area contributed by atoms with Gasteiger partial charge in [-0.25, -0.2) is 0 Å². The largest absolute Gasteiger partial charge is 0.395 e. The van der Waals surface area contributed by atoms with Crippen molar-refractivity contribution in [3.8, 4) is 0 Å². The van der Waals surface area contributed by atoms with Crippen molar-refractivity contribution in [3.05, 3.63) is 12.7 Å². The Labute approximate surface area is 208 Å². The maximum atomic E-state index is 14.0. The molecule has 3 N–H and O–H groups in total. The Morgan fingerprint density at radius 3 is 1.76 bits per heavy atom. The van der Waals surface area contributed by atoms with Crippen molar-refractivity contribution < 1.29 is 19.5 Å². The molecule has 0 bridgehead atoms. The second-order valence-corrected chi connectivity index (χ2v) is 13.1. The fourth-order valence-corrected chi connectivity index (χ4v) is 4.60. The number of carbonyl (C=O) groups is 3. The van der Waals surface area contributed by atoms with Gasteiger partial charge in [0.2, 0.25) is 11.8 Å². The van der Waals surface area contributed by atoms with Crippen LogP contribution in [-0.2, 0) is 14.4 Å². The molecule has 0 radical (unpaired) electrons. The molecule has 0 heterocycles. The van der Waals surface area contributed by atoms with Gasteiger partial charge in [0.1, 0.15) is 5.78 Å². The third kappa shape index (κ3) is 10.3. The van der Waals surface area contributed by atoms with Crippen molar-refractivity contribution in [3.63, 3.8) is 0 Å². The van der Waals surface area contributed by atoms with E-state index >= 15 is 0 Å². The maximum Gasteiger partial charge on any atom is 0.224 e. The first-order valence-electron chi connectivity index (χ1n) is 12.6. The lowest BCUT2D eigenvalue weighted by Crippen LogP contribution is -2.50. The molecular formula is C28H52N2O4. The molecule has 0 saturated carbocycles. The molecule has 6 nitrogen and oxygen atoms in total. The number of allylic oxidation sites excluding steroid dienone is 1. The number of carbonyl (C=O) groups excluding carboxylic acids is 3. The molecule has 0 fully saturated rings. The topological polar surface area (TPSA) is 95.5 Å². The standard InChI is InChI=1S/C28H52N2O4/c1-12-13-14-15-29-22(32)20(26(5,6)7)19-27(8,9)24(34)28(10,11)21(18-25(2,3)4)23(33)30-16-17-31/h12,20-21,31H,1,13-19H2,2-11H3,(H,29,32)(H,30,33). The van der Waals surface area contributed by atoms with Gasteiger partial charge in [-0.05, 0) is 36.5 Å². The van der Waals surface area contributed by atoms with E-state index in [1.165, 1.54) is 0 Å². The Balaban J connectivity index is 5.92. The highest BCUT2D eigenvalue weighted by atomic mass is 16.3. The van der Waals surface area contributed by atoms with Gasteiger partial charge in [0.05, 0.1) is 12.5 Å². The van der Waals surface area contributed by atoms with E-state index in [-0.39, 0.29) is 47.5 Å². The van der Waals surface area contributed by atoms with Crippen molar-refractivity contribution in [2.24, 2.45) is 33.5 Å². The molecular weight excluding hydrogens is 428 g/mol. The zero-order valence-electron chi connectivity index (χ0n) is 23.6. The number of unbranched alkanes of at least 4 members (excludes halogenated alkanes) is 1. The number of aliphatic hydroxyl groups excluding tert-OH is 1. The van der Waals surface area contributed by atoms with E-state index in [2.05, 4.69) is 38.0 Å². The van der Waals surface area contributed by atoms with Crippen molar-refractivity contribution >= 4 is 17.6 Å². The third-order valence-electron chi connectivity index (χ3n) is 6.58. The van der Waals surface area contributed by atoms with E-state index in [0.29, 0.717) is 19.4 Å². The van der Waals surface area contributed by atoms with Gasteiger partial charge in [-0.2, -0.15) is 0 Å². The number of amides is 2. The van der Waals surface area contributed by atoms with Gasteiger partial charge in [-0.1, -0.05) is 75.3 Å². The average molecular weight is 481 g/mol. The molecule has 198 valence electrons. The summed E-state index contributed by atoms with van der Waals surface area (Å²) in [5.74, 6) is -1.18. The lowest BCUT2D eigenvalue weighted by Gasteiger charge is -2.42. The molecule has 0 saturated heterocycles. The number of nitrogens with one attached hydrogen (secondary N) is 2. The molecule has 6 heteroatoms. The SMILES string of the molecule is C=CCCCNC(=O)C(CC(C)(C)C(=O)C(C)(C)C(CC(C)(C)C)C(=O)NCCO)C(C)(C)C. The van der Waals surface area contributed by atoms with Crippen LogP contribution < -0.4 is 10.6 Å². The summed E-state index contributed by atoms with van der Waals surface area (Å²) in [5, 5.41) is 15.0. The van der Waals surface area contributed by atoms with Crippen molar-refractivity contribution in [1.82, 2.24) is 10.6 Å². The number of hydrogen-bond acceptors (Lipinski definition) is 4. The van der Waals surface area contributed by atoms with Crippen molar-refractivity contribution in [2.45, 2.75) is 94.9 Å². The van der Waals surface area contributed by atoms with Crippen molar-refractivity contribution in [1.29, 1.82) is 0 Å². The van der Waals surface area contributed by atoms with Gasteiger partial charge in [0.15, 0.2) is 0 Å². The number of aliphatic hydroxyl groups is 1. The second-order valence-electron chi connectivity index (χ2n) is 13.1. The minimum atomic E-state index is -0.945. The molecule has 0 spiro atoms. The van der Waals surface area contributed by atoms with E-state index in [1.54, 1.807) is 0 Å². The first-order valence-corrected chi connectivity index (χ1v) is 12.6. The van der Waals surface area contributed by atoms with Crippen LogP contribution in [0.15, 0.2) is 12.7 Å². The Morgan fingerprint density at radius 2 is 1.32 bits per heavy atom. The zero-order chi connectivity index (χ0) is 27.0. The monoisotopic (exact) mass is 480 g/mol. The lowest BCUT2D eigenvalue weighted by molar-refractivity contribution is -0.148. The van der Waals surface area contributed by atoms with Crippen LogP contribution in [0, 0.1) is 33.5 Å². The first kappa shape index (κ1) is 32.3. The van der Waals surface area contributed by atoms with Crippen LogP contribution in [0.2, 0.25) is 0 Å². The molecule has 0 aliphatic rings. The van der Waals surface area contributed by atoms with Crippen LogP contribution in [-0.4, -0.2) is 42.4 Å². The van der Waals surface area contributed by atoms with Crippen LogP contribution >= 0.6 is 0 Å². The molecule has 2 unspecified atom stereocenters. The minimum absolute atomic E-state index is 0.0258. The average Bonchev–Trinajstić information content (AvgIpc) is 2.69. The molecule has 0 aliphatic carbocycles. The molecule has 0 aromatic carbocycles. The van der Waals surface area contributed by atoms with Gasteiger partial charge in [0.25, 0.3) is 0 Å². The predicted octanol–water partition coefficient (Wildman–Crippen LogP) is 4.90. The molecule has 0 aromatic heterocycles. The summed E-state index contributed by atoms with van der Waals surface area (Å²) in [4.78, 5) is 40.2. The summed E-state index contributed by atoms with van der Waals surface area (Å²) >= 11 is 0. The number of Topliss-reactive ketones (excluding diaryl/α,β-unsaturated/α-hetero) is 1. The summed E-state index contributed by atoms with van der Waals surface area (Å²) in [6.07, 6.45) is 4.44. The fourth-order valence-electron chi connectivity index (χ4n) is 4.60. The maximum absolute atomic E-state index is 14.0. The van der Waals surface area contributed by atoms with Crippen LogP contribution in [0.1, 0.15) is 94.9 Å². The molecule has 0 rings (SSSR count). The minimum Gasteiger partial charge on any atom is -0.395 e. The van der Waals surface area contributed by atoms with E-state index in [0.717, 1.165) is 12.8 Å². The van der Waals surface area contributed by atoms with Gasteiger partial charge < -0.3 is 15.7 Å². The van der Waals surface area contributed by atoms with E-state index in [9.17, 15) is 14.4 Å². The summed E-state index contributed by atoms with van der Waals surface area (Å²) in [5.41, 5.74) is -2.25. The van der Waals surface area contributed by atoms with Crippen LogP contribution in [0.5, 0.6) is 0 Å². The third-order valence-corrected chi connectivity index (χ3v) is 6.58. The Kier molecular flexibility index (Phi) is 12.2. The van der Waals surface area contributed by atoms with Gasteiger partial charge in [0, 0.05) is 29.8 Å². The Bertz CT molecular complexity index is 696. The Hall–Kier alpha value is -1.69. The number of hydrogen-bond donors (Lipinski definition) is 3. The van der Waals surface area contributed by atoms with E-state index < -0.39 is 16.7 Å². The van der Waals surface area contributed by atoms with Crippen LogP contribution in [0.4, 0.5) is 0 Å². The molecule has 0 aromatic rings. The van der Waals surface area contributed by atoms with Gasteiger partial charge >= 0.3 is 0 Å². The highest BCUT2D eigenvalue weighted by Gasteiger charge is 2.49. The second kappa shape index (κ2) is 12.9. The number of ketones is 1. The molecule has 2 amide bonds. The highest BCUT2D eigenvalue weighted by Crippen LogP contribution is 2.45. The number of rotatable bonds is 14.